The van der Waals surface area contributed by atoms with Crippen LogP contribution >= 0.6 is 0 Å². The van der Waals surface area contributed by atoms with Gasteiger partial charge in [-0.1, -0.05) is 12.1 Å². The van der Waals surface area contributed by atoms with Gasteiger partial charge in [0.1, 0.15) is 5.82 Å². The van der Waals surface area contributed by atoms with Gasteiger partial charge in [-0.25, -0.2) is 18.4 Å². The molecule has 8 nitrogen and oxygen atoms in total. The Morgan fingerprint density at radius 3 is 2.78 bits per heavy atom. The van der Waals surface area contributed by atoms with E-state index in [1.807, 2.05) is 6.20 Å². The number of benzene rings is 1. The molecule has 2 aromatic heterocycles. The zero-order valence-corrected chi connectivity index (χ0v) is 15.7. The van der Waals surface area contributed by atoms with Gasteiger partial charge in [-0.15, -0.1) is 0 Å². The number of imidazole rings is 2. The van der Waals surface area contributed by atoms with Crippen LogP contribution in [0, 0.1) is 0 Å². The van der Waals surface area contributed by atoms with Crippen LogP contribution in [0.2, 0.25) is 0 Å². The number of hydrogen-bond acceptors (Lipinski definition) is 6. The first-order chi connectivity index (χ1) is 13.0. The molecule has 3 aromatic rings. The number of nitrogens with one attached hydrogen (secondary N) is 2. The van der Waals surface area contributed by atoms with Crippen molar-refractivity contribution in [3.63, 3.8) is 0 Å². The molecule has 1 fully saturated rings. The van der Waals surface area contributed by atoms with Crippen molar-refractivity contribution in [1.29, 1.82) is 0 Å². The van der Waals surface area contributed by atoms with E-state index in [0.29, 0.717) is 18.1 Å². The maximum atomic E-state index is 11.6. The molecule has 27 heavy (non-hydrogen) atoms. The van der Waals surface area contributed by atoms with Crippen molar-refractivity contribution in [2.24, 2.45) is 0 Å². The highest BCUT2D eigenvalue weighted by Gasteiger charge is 2.27. The number of nitrogens with zero attached hydrogens (tertiary/aromatic N) is 3. The lowest BCUT2D eigenvalue weighted by atomic mass is 10.2. The number of hydrogen-bond donors (Lipinski definition) is 2. The van der Waals surface area contributed by atoms with E-state index in [9.17, 15) is 8.42 Å². The van der Waals surface area contributed by atoms with E-state index in [4.69, 9.17) is 4.74 Å². The van der Waals surface area contributed by atoms with E-state index in [2.05, 4.69) is 24.8 Å². The van der Waals surface area contributed by atoms with Crippen LogP contribution in [0.4, 0.5) is 0 Å². The Kier molecular flexibility index (Phi) is 4.81. The van der Waals surface area contributed by atoms with Crippen LogP contribution in [0.25, 0.3) is 11.3 Å². The summed E-state index contributed by atoms with van der Waals surface area (Å²) in [5.74, 6) is 0.830. The van der Waals surface area contributed by atoms with E-state index in [-0.39, 0.29) is 6.04 Å². The highest BCUT2D eigenvalue weighted by atomic mass is 32.2. The molecule has 1 aromatic carbocycles. The number of sulfone groups is 1. The molecule has 0 spiro atoms. The molecular formula is C18H21N5O3S. The van der Waals surface area contributed by atoms with Crippen molar-refractivity contribution in [2.45, 2.75) is 17.5 Å². The van der Waals surface area contributed by atoms with Gasteiger partial charge in [0.25, 0.3) is 0 Å². The topological polar surface area (TPSA) is 104 Å². The zero-order chi connectivity index (χ0) is 18.9. The maximum Gasteiger partial charge on any atom is 0.175 e. The molecule has 1 aliphatic heterocycles. The van der Waals surface area contributed by atoms with Gasteiger partial charge in [0.2, 0.25) is 0 Å². The quantitative estimate of drug-likeness (QED) is 0.692. The minimum Gasteiger partial charge on any atom is -0.378 e. The molecule has 9 heteroatoms. The molecule has 0 saturated carbocycles. The van der Waals surface area contributed by atoms with E-state index >= 15 is 0 Å². The molecule has 1 saturated heterocycles. The zero-order valence-electron chi connectivity index (χ0n) is 14.9. The fourth-order valence-corrected chi connectivity index (χ4v) is 3.83. The Balaban J connectivity index is 1.55. The molecule has 2 N–H and O–H groups in total. The second kappa shape index (κ2) is 7.26. The van der Waals surface area contributed by atoms with Crippen molar-refractivity contribution in [1.82, 2.24) is 24.8 Å². The molecule has 1 aliphatic rings. The number of aromatic nitrogens is 4. The third-order valence-electron chi connectivity index (χ3n) is 4.67. The minimum atomic E-state index is -3.20. The van der Waals surface area contributed by atoms with Crippen molar-refractivity contribution in [2.75, 3.05) is 26.0 Å². The van der Waals surface area contributed by atoms with Crippen LogP contribution in [0.3, 0.4) is 0 Å². The lowest BCUT2D eigenvalue weighted by molar-refractivity contribution is -0.0161. The monoisotopic (exact) mass is 387 g/mol. The predicted molar refractivity (Wildman–Crippen MR) is 99.7 cm³/mol. The molecule has 0 amide bonds. The van der Waals surface area contributed by atoms with Crippen molar-refractivity contribution in [3.8, 4) is 11.3 Å². The molecule has 3 heterocycles. The first-order valence-corrected chi connectivity index (χ1v) is 10.5. The van der Waals surface area contributed by atoms with E-state index in [1.54, 1.807) is 36.8 Å². The second-order valence-electron chi connectivity index (χ2n) is 6.62. The Morgan fingerprint density at radius 1 is 1.26 bits per heavy atom. The SMILES string of the molecule is CS(=O)(=O)c1ccc(-c2cnc([C@@H]3COCCN3Cc3cnc[nH]3)[nH]2)cc1. The fourth-order valence-electron chi connectivity index (χ4n) is 3.20. The summed E-state index contributed by atoms with van der Waals surface area (Å²) >= 11 is 0. The van der Waals surface area contributed by atoms with Crippen LogP contribution in [-0.2, 0) is 21.1 Å². The smallest absolute Gasteiger partial charge is 0.175 e. The molecule has 0 aliphatic carbocycles. The van der Waals surface area contributed by atoms with E-state index in [0.717, 1.165) is 35.9 Å². The third kappa shape index (κ3) is 3.95. The minimum absolute atomic E-state index is 0.0195. The average Bonchev–Trinajstić information content (AvgIpc) is 3.34. The number of rotatable bonds is 5. The lowest BCUT2D eigenvalue weighted by Crippen LogP contribution is -2.39. The van der Waals surface area contributed by atoms with Crippen molar-refractivity contribution >= 4 is 9.84 Å². The van der Waals surface area contributed by atoms with Crippen LogP contribution in [0.1, 0.15) is 17.6 Å². The average molecular weight is 387 g/mol. The molecular weight excluding hydrogens is 366 g/mol. The number of H-pyrrole nitrogens is 2. The number of ether oxygens (including phenoxy) is 1. The summed E-state index contributed by atoms with van der Waals surface area (Å²) in [6.45, 7) is 2.80. The van der Waals surface area contributed by atoms with Gasteiger partial charge in [0, 0.05) is 31.2 Å². The molecule has 142 valence electrons. The van der Waals surface area contributed by atoms with Crippen LogP contribution < -0.4 is 0 Å². The van der Waals surface area contributed by atoms with Gasteiger partial charge >= 0.3 is 0 Å². The molecule has 1 atom stereocenters. The normalized spacial score (nSPS) is 18.6. The summed E-state index contributed by atoms with van der Waals surface area (Å²) in [4.78, 5) is 17.7. The standard InChI is InChI=1S/C18H21N5O3S/c1-27(24,25)15-4-2-13(3-5-15)16-9-20-18(22-16)17-11-26-7-6-23(17)10-14-8-19-12-21-14/h2-5,8-9,12,17H,6-7,10-11H2,1H3,(H,19,21)(H,20,22)/t17-/m0/s1. The Bertz CT molecular complexity index is 996. The summed E-state index contributed by atoms with van der Waals surface area (Å²) in [6, 6.07) is 6.81. The first-order valence-electron chi connectivity index (χ1n) is 8.65. The largest absolute Gasteiger partial charge is 0.378 e. The van der Waals surface area contributed by atoms with Gasteiger partial charge in [-0.3, -0.25) is 4.90 Å². The molecule has 0 unspecified atom stereocenters. The van der Waals surface area contributed by atoms with Crippen molar-refractivity contribution in [3.05, 3.63) is 54.5 Å². The van der Waals surface area contributed by atoms with Crippen molar-refractivity contribution < 1.29 is 13.2 Å². The van der Waals surface area contributed by atoms with Crippen LogP contribution in [0.15, 0.2) is 47.9 Å². The summed E-state index contributed by atoms with van der Waals surface area (Å²) in [5, 5.41) is 0. The van der Waals surface area contributed by atoms with Gasteiger partial charge in [-0.05, 0) is 17.7 Å². The molecule has 0 radical (unpaired) electrons. The highest BCUT2D eigenvalue weighted by molar-refractivity contribution is 7.90. The van der Waals surface area contributed by atoms with Crippen LogP contribution in [0.5, 0.6) is 0 Å². The summed E-state index contributed by atoms with van der Waals surface area (Å²) in [6.07, 6.45) is 6.47. The maximum absolute atomic E-state index is 11.6. The van der Waals surface area contributed by atoms with Gasteiger partial charge < -0.3 is 14.7 Å². The third-order valence-corrected chi connectivity index (χ3v) is 5.80. The number of aromatic amines is 2. The Labute approximate surface area is 157 Å². The van der Waals surface area contributed by atoms with Crippen LogP contribution in [-0.4, -0.2) is 59.3 Å². The fraction of sp³-hybridized carbons (Fsp3) is 0.333. The summed E-state index contributed by atoms with van der Waals surface area (Å²) < 4.78 is 28.9. The molecule has 4 rings (SSSR count). The van der Waals surface area contributed by atoms with E-state index < -0.39 is 9.84 Å². The summed E-state index contributed by atoms with van der Waals surface area (Å²) in [5.41, 5.74) is 2.78. The number of morpholine rings is 1. The Hall–Kier alpha value is -2.49. The predicted octanol–water partition coefficient (Wildman–Crippen LogP) is 1.78. The first kappa shape index (κ1) is 17.9. The lowest BCUT2D eigenvalue weighted by Gasteiger charge is -2.33. The van der Waals surface area contributed by atoms with E-state index in [1.165, 1.54) is 6.26 Å². The van der Waals surface area contributed by atoms with Gasteiger partial charge in [-0.2, -0.15) is 0 Å². The van der Waals surface area contributed by atoms with Gasteiger partial charge in [0.05, 0.1) is 42.4 Å². The second-order valence-corrected chi connectivity index (χ2v) is 8.63. The Morgan fingerprint density at radius 2 is 2.07 bits per heavy atom. The molecule has 0 bridgehead atoms. The highest BCUT2D eigenvalue weighted by Crippen LogP contribution is 2.26. The van der Waals surface area contributed by atoms with Gasteiger partial charge in [0.15, 0.2) is 9.84 Å². The summed E-state index contributed by atoms with van der Waals surface area (Å²) in [7, 11) is -3.20.